The predicted octanol–water partition coefficient (Wildman–Crippen LogP) is 2.39. The van der Waals surface area contributed by atoms with Gasteiger partial charge in [0.15, 0.2) is 0 Å². The van der Waals surface area contributed by atoms with E-state index in [1.54, 1.807) is 43.0 Å². The maximum Gasteiger partial charge on any atom is 0.244 e. The van der Waals surface area contributed by atoms with Crippen LogP contribution in [0, 0.1) is 11.8 Å². The Morgan fingerprint density at radius 1 is 1.26 bits per heavy atom. The molecule has 10 heteroatoms. The highest BCUT2D eigenvalue weighted by molar-refractivity contribution is 9.09. The van der Waals surface area contributed by atoms with Crippen molar-refractivity contribution in [3.63, 3.8) is 0 Å². The highest BCUT2D eigenvalue weighted by Crippen LogP contribution is 2.68. The van der Waals surface area contributed by atoms with Crippen LogP contribution in [0.2, 0.25) is 0 Å². The van der Waals surface area contributed by atoms with E-state index in [-0.39, 0.29) is 40.4 Å². The van der Waals surface area contributed by atoms with Crippen LogP contribution in [0.4, 0.5) is 5.69 Å². The second-order valence-electron chi connectivity index (χ2n) is 9.55. The summed E-state index contributed by atoms with van der Waals surface area (Å²) in [7, 11) is 0. The summed E-state index contributed by atoms with van der Waals surface area (Å²) in [5, 5.41) is 15.7. The zero-order chi connectivity index (χ0) is 24.8. The number of rotatable bonds is 8. The van der Waals surface area contributed by atoms with E-state index in [0.717, 1.165) is 0 Å². The van der Waals surface area contributed by atoms with Gasteiger partial charge in [0.05, 0.1) is 35.8 Å². The molecule has 1 aromatic rings. The zero-order valence-electron chi connectivity index (χ0n) is 19.8. The lowest BCUT2D eigenvalue weighted by Gasteiger charge is -2.37. The first kappa shape index (κ1) is 25.3. The number of fused-ring (bicyclic) bond motifs is 1. The molecule has 3 amide bonds. The Morgan fingerprint density at radius 3 is 2.53 bits per heavy atom. The molecule has 3 fully saturated rings. The van der Waals surface area contributed by atoms with Crippen molar-refractivity contribution in [1.82, 2.24) is 10.2 Å². The molecule has 3 aliphatic heterocycles. The van der Waals surface area contributed by atoms with Crippen molar-refractivity contribution < 1.29 is 24.2 Å². The molecule has 4 rings (SSSR count). The standard InChI is InChI=1S/C24H32BrN3O5S/c1-5-33-15-8-6-14(7-9-15)27-21(30)17-18-23(32)28(13(4)11-29)20(22(31)26-12(2)3)24(18)10-16(25)19(17)34-24/h6-9,12-13,16-20,29H,5,10-11H2,1-4H3,(H,26,31)(H,27,30)/t13-,16?,17+,18+,19+,20?,24?/m1/s1. The van der Waals surface area contributed by atoms with Gasteiger partial charge in [0.2, 0.25) is 17.7 Å². The van der Waals surface area contributed by atoms with Crippen LogP contribution in [0.25, 0.3) is 0 Å². The first-order valence-corrected chi connectivity index (χ1v) is 13.5. The molecule has 3 saturated heterocycles. The van der Waals surface area contributed by atoms with Gasteiger partial charge in [-0.2, -0.15) is 0 Å². The molecule has 8 nitrogen and oxygen atoms in total. The number of hydrogen-bond acceptors (Lipinski definition) is 6. The number of ether oxygens (including phenoxy) is 1. The summed E-state index contributed by atoms with van der Waals surface area (Å²) in [5.41, 5.74) is 0.626. The molecule has 0 saturated carbocycles. The van der Waals surface area contributed by atoms with Crippen LogP contribution >= 0.6 is 27.7 Å². The fourth-order valence-corrected chi connectivity index (χ4v) is 9.22. The fraction of sp³-hybridized carbons (Fsp3) is 0.625. The zero-order valence-corrected chi connectivity index (χ0v) is 22.2. The molecule has 2 bridgehead atoms. The van der Waals surface area contributed by atoms with Crippen LogP contribution in [0.1, 0.15) is 34.1 Å². The van der Waals surface area contributed by atoms with Crippen molar-refractivity contribution >= 4 is 51.1 Å². The number of anilines is 1. The van der Waals surface area contributed by atoms with E-state index in [1.807, 2.05) is 20.8 Å². The van der Waals surface area contributed by atoms with Gasteiger partial charge in [0.1, 0.15) is 11.8 Å². The second-order valence-corrected chi connectivity index (χ2v) is 12.3. The summed E-state index contributed by atoms with van der Waals surface area (Å²) in [6.07, 6.45) is 0.608. The summed E-state index contributed by atoms with van der Waals surface area (Å²) in [4.78, 5) is 42.2. The Labute approximate surface area is 212 Å². The molecule has 0 radical (unpaired) electrons. The number of halogens is 1. The highest BCUT2D eigenvalue weighted by atomic mass is 79.9. The number of alkyl halides is 1. The van der Waals surface area contributed by atoms with E-state index in [0.29, 0.717) is 24.5 Å². The number of hydrogen-bond donors (Lipinski definition) is 3. The Balaban J connectivity index is 1.66. The lowest BCUT2D eigenvalue weighted by Crippen LogP contribution is -2.57. The molecule has 1 spiro atoms. The van der Waals surface area contributed by atoms with Crippen LogP contribution in [0.3, 0.4) is 0 Å². The van der Waals surface area contributed by atoms with Gasteiger partial charge in [-0.05, 0) is 58.4 Å². The van der Waals surface area contributed by atoms with E-state index in [9.17, 15) is 19.5 Å². The Morgan fingerprint density at radius 2 is 1.94 bits per heavy atom. The molecule has 186 valence electrons. The fourth-order valence-electron chi connectivity index (χ4n) is 5.62. The number of carbonyl (C=O) groups is 3. The summed E-state index contributed by atoms with van der Waals surface area (Å²) in [5.74, 6) is -1.19. The lowest BCUT2D eigenvalue weighted by atomic mass is 9.70. The van der Waals surface area contributed by atoms with Crippen molar-refractivity contribution in [2.24, 2.45) is 11.8 Å². The molecule has 34 heavy (non-hydrogen) atoms. The van der Waals surface area contributed by atoms with Crippen molar-refractivity contribution in [3.05, 3.63) is 24.3 Å². The normalized spacial score (nSPS) is 32.6. The maximum absolute atomic E-state index is 13.8. The second kappa shape index (κ2) is 9.70. The summed E-state index contributed by atoms with van der Waals surface area (Å²) < 4.78 is 4.74. The number of nitrogens with zero attached hydrogens (tertiary/aromatic N) is 1. The first-order chi connectivity index (χ1) is 16.1. The average molecular weight is 555 g/mol. The lowest BCUT2D eigenvalue weighted by molar-refractivity contribution is -0.141. The summed E-state index contributed by atoms with van der Waals surface area (Å²) in [6, 6.07) is 5.78. The number of carbonyl (C=O) groups excluding carboxylic acids is 3. The Bertz CT molecular complexity index is 960. The minimum absolute atomic E-state index is 0.00337. The van der Waals surface area contributed by atoms with Gasteiger partial charge in [0, 0.05) is 21.8 Å². The molecular formula is C24H32BrN3O5S. The molecular weight excluding hydrogens is 522 g/mol. The number of nitrogens with one attached hydrogen (secondary N) is 2. The van der Waals surface area contributed by atoms with E-state index in [4.69, 9.17) is 4.74 Å². The Hall–Kier alpha value is -1.78. The predicted molar refractivity (Wildman–Crippen MR) is 135 cm³/mol. The molecule has 7 atom stereocenters. The highest BCUT2D eigenvalue weighted by Gasteiger charge is 2.76. The van der Waals surface area contributed by atoms with Crippen molar-refractivity contribution in [2.45, 2.75) is 67.1 Å². The third kappa shape index (κ3) is 4.11. The number of likely N-dealkylation sites (tertiary alicyclic amines) is 1. The summed E-state index contributed by atoms with van der Waals surface area (Å²) >= 11 is 5.32. The number of aliphatic hydroxyl groups is 1. The van der Waals surface area contributed by atoms with E-state index >= 15 is 0 Å². The van der Waals surface area contributed by atoms with Gasteiger partial charge in [-0.3, -0.25) is 14.4 Å². The molecule has 0 aromatic heterocycles. The third-order valence-electron chi connectivity index (χ3n) is 6.88. The smallest absolute Gasteiger partial charge is 0.244 e. The largest absolute Gasteiger partial charge is 0.494 e. The molecule has 3 heterocycles. The van der Waals surface area contributed by atoms with Gasteiger partial charge in [-0.25, -0.2) is 0 Å². The van der Waals surface area contributed by atoms with E-state index < -0.39 is 28.7 Å². The number of benzene rings is 1. The molecule has 0 aliphatic carbocycles. The number of thioether (sulfide) groups is 1. The molecule has 1 aromatic carbocycles. The topological polar surface area (TPSA) is 108 Å². The minimum atomic E-state index is -0.743. The third-order valence-corrected chi connectivity index (χ3v) is 10.1. The monoisotopic (exact) mass is 553 g/mol. The van der Waals surface area contributed by atoms with Crippen LogP contribution in [0.15, 0.2) is 24.3 Å². The van der Waals surface area contributed by atoms with Crippen LogP contribution in [0.5, 0.6) is 5.75 Å². The van der Waals surface area contributed by atoms with Gasteiger partial charge in [-0.15, -0.1) is 11.8 Å². The Kier molecular flexibility index (Phi) is 7.22. The van der Waals surface area contributed by atoms with E-state index in [1.165, 1.54) is 4.90 Å². The average Bonchev–Trinajstić information content (AvgIpc) is 3.37. The van der Waals surface area contributed by atoms with Crippen LogP contribution in [-0.4, -0.2) is 73.9 Å². The molecule has 3 aliphatic rings. The molecule has 3 unspecified atom stereocenters. The number of amides is 3. The maximum atomic E-state index is 13.8. The SMILES string of the molecule is CCOc1ccc(NC(=O)[C@H]2[C@H]3C(=O)N([C@H](C)CO)C(C(=O)NC(C)C)C34CC(Br)[C@@H]2S4)cc1. The summed E-state index contributed by atoms with van der Waals surface area (Å²) in [6.45, 7) is 7.70. The molecule has 3 N–H and O–H groups in total. The van der Waals surface area contributed by atoms with Crippen LogP contribution in [-0.2, 0) is 14.4 Å². The van der Waals surface area contributed by atoms with Gasteiger partial charge in [-0.1, -0.05) is 15.9 Å². The quantitative estimate of drug-likeness (QED) is 0.426. The number of aliphatic hydroxyl groups excluding tert-OH is 1. The van der Waals surface area contributed by atoms with E-state index in [2.05, 4.69) is 26.6 Å². The first-order valence-electron chi connectivity index (χ1n) is 11.7. The van der Waals surface area contributed by atoms with Gasteiger partial charge < -0.3 is 25.4 Å². The van der Waals surface area contributed by atoms with Crippen molar-refractivity contribution in [1.29, 1.82) is 0 Å². The van der Waals surface area contributed by atoms with Gasteiger partial charge in [0.25, 0.3) is 0 Å². The van der Waals surface area contributed by atoms with Gasteiger partial charge >= 0.3 is 0 Å². The minimum Gasteiger partial charge on any atom is -0.494 e. The van der Waals surface area contributed by atoms with Crippen molar-refractivity contribution in [2.75, 3.05) is 18.5 Å². The van der Waals surface area contributed by atoms with Crippen LogP contribution < -0.4 is 15.4 Å². The van der Waals surface area contributed by atoms with Crippen molar-refractivity contribution in [3.8, 4) is 5.75 Å².